The molecule has 0 saturated carbocycles. The minimum absolute atomic E-state index is 0.0695. The lowest BCUT2D eigenvalue weighted by molar-refractivity contribution is 0.603. The van der Waals surface area contributed by atoms with Gasteiger partial charge in [0.25, 0.3) is 0 Å². The van der Waals surface area contributed by atoms with Crippen LogP contribution >= 0.6 is 0 Å². The van der Waals surface area contributed by atoms with Crippen molar-refractivity contribution in [2.75, 3.05) is 18.4 Å². The lowest BCUT2D eigenvalue weighted by Crippen LogP contribution is -2.28. The van der Waals surface area contributed by atoms with E-state index in [1.807, 2.05) is 54.6 Å². The molecule has 2 heterocycles. The lowest BCUT2D eigenvalue weighted by atomic mass is 10.2. The average molecular weight is 382 g/mol. The van der Waals surface area contributed by atoms with Crippen molar-refractivity contribution >= 4 is 5.69 Å². The number of hydrogen-bond acceptors (Lipinski definition) is 5. The molecule has 144 valence electrons. The van der Waals surface area contributed by atoms with Gasteiger partial charge in [-0.05, 0) is 61.0 Å². The zero-order valence-electron chi connectivity index (χ0n) is 16.0. The summed E-state index contributed by atoms with van der Waals surface area (Å²) in [4.78, 5) is 8.76. The summed E-state index contributed by atoms with van der Waals surface area (Å²) in [6.45, 7) is 1.55. The molecule has 0 aliphatic heterocycles. The van der Waals surface area contributed by atoms with Gasteiger partial charge in [0.05, 0.1) is 0 Å². The van der Waals surface area contributed by atoms with Crippen molar-refractivity contribution in [3.05, 3.63) is 96.6 Å². The molecule has 6 heteroatoms. The van der Waals surface area contributed by atoms with E-state index in [9.17, 15) is 0 Å². The first-order valence-corrected chi connectivity index (χ1v) is 9.60. The summed E-state index contributed by atoms with van der Waals surface area (Å²) in [5, 5.41) is 14.5. The van der Waals surface area contributed by atoms with Gasteiger partial charge in [0.1, 0.15) is 6.04 Å². The molecular weight excluding hydrogens is 360 g/mol. The summed E-state index contributed by atoms with van der Waals surface area (Å²) in [7, 11) is 0. The Kier molecular flexibility index (Phi) is 6.11. The maximum Gasteiger partial charge on any atom is 0.174 e. The smallest absolute Gasteiger partial charge is 0.174 e. The van der Waals surface area contributed by atoms with Crippen molar-refractivity contribution in [1.82, 2.24) is 25.5 Å². The number of hydrogen-bond donors (Lipinski definition) is 3. The highest BCUT2D eigenvalue weighted by atomic mass is 15.2. The molecule has 1 unspecified atom stereocenters. The molecule has 0 bridgehead atoms. The van der Waals surface area contributed by atoms with Gasteiger partial charge in [0.2, 0.25) is 0 Å². The van der Waals surface area contributed by atoms with E-state index in [-0.39, 0.29) is 6.04 Å². The summed E-state index contributed by atoms with van der Waals surface area (Å²) in [5.74, 6) is 1.45. The number of nitrogens with one attached hydrogen (secondary N) is 3. The van der Waals surface area contributed by atoms with Crippen LogP contribution in [0, 0.1) is 12.1 Å². The predicted octanol–water partition coefficient (Wildman–Crippen LogP) is 3.45. The molecule has 0 aliphatic carbocycles. The number of aromatic nitrogens is 4. The Hall–Kier alpha value is -3.69. The Morgan fingerprint density at radius 2 is 1.86 bits per heavy atom. The molecule has 3 N–H and O–H groups in total. The highest BCUT2D eigenvalue weighted by Crippen LogP contribution is 2.19. The van der Waals surface area contributed by atoms with Gasteiger partial charge in [-0.15, -0.1) is 0 Å². The molecule has 1 atom stereocenters. The van der Waals surface area contributed by atoms with Crippen LogP contribution in [0.15, 0.2) is 73.1 Å². The molecule has 0 aliphatic rings. The molecule has 0 radical (unpaired) electrons. The van der Waals surface area contributed by atoms with Gasteiger partial charge in [-0.2, -0.15) is 5.10 Å². The number of H-pyrrole nitrogens is 1. The van der Waals surface area contributed by atoms with Crippen LogP contribution in [-0.4, -0.2) is 33.3 Å². The monoisotopic (exact) mass is 382 g/mol. The third kappa shape index (κ3) is 5.18. The van der Waals surface area contributed by atoms with E-state index in [4.69, 9.17) is 4.98 Å². The first-order chi connectivity index (χ1) is 14.4. The van der Waals surface area contributed by atoms with Crippen molar-refractivity contribution in [3.63, 3.8) is 0 Å². The molecule has 0 saturated heterocycles. The highest BCUT2D eigenvalue weighted by Gasteiger charge is 2.17. The molecule has 0 spiro atoms. The number of nitrogens with zero attached hydrogens (tertiary/aromatic N) is 3. The van der Waals surface area contributed by atoms with Crippen molar-refractivity contribution in [3.8, 4) is 11.4 Å². The molecule has 29 heavy (non-hydrogen) atoms. The topological polar surface area (TPSA) is 78.5 Å². The highest BCUT2D eigenvalue weighted by molar-refractivity contribution is 5.53. The Balaban J connectivity index is 1.44. The molecule has 0 fully saturated rings. The predicted molar refractivity (Wildman–Crippen MR) is 113 cm³/mol. The van der Waals surface area contributed by atoms with E-state index >= 15 is 0 Å². The maximum absolute atomic E-state index is 4.71. The van der Waals surface area contributed by atoms with Crippen molar-refractivity contribution in [2.24, 2.45) is 0 Å². The fourth-order valence-electron chi connectivity index (χ4n) is 3.03. The minimum atomic E-state index is -0.0695. The maximum atomic E-state index is 4.71. The number of para-hydroxylation sites is 1. The van der Waals surface area contributed by atoms with Gasteiger partial charge in [0.15, 0.2) is 11.6 Å². The SMILES string of the molecule is c1ccc(CCNCC(Nc2ccccc2)c2n[nH]c(-c3ccncc3)n2)cc#1. The lowest BCUT2D eigenvalue weighted by Gasteiger charge is -2.18. The summed E-state index contributed by atoms with van der Waals surface area (Å²) in [6.07, 6.45) is 4.43. The molecule has 6 nitrogen and oxygen atoms in total. The Morgan fingerprint density at radius 1 is 1.00 bits per heavy atom. The minimum Gasteiger partial charge on any atom is -0.374 e. The zero-order chi connectivity index (χ0) is 19.7. The zero-order valence-corrected chi connectivity index (χ0v) is 16.0. The van der Waals surface area contributed by atoms with E-state index in [1.54, 1.807) is 12.4 Å². The quantitative estimate of drug-likeness (QED) is 0.387. The first kappa shape index (κ1) is 18.7. The Bertz CT molecular complexity index is 986. The Morgan fingerprint density at radius 3 is 2.66 bits per heavy atom. The molecule has 2 aromatic carbocycles. The van der Waals surface area contributed by atoms with Gasteiger partial charge in [0, 0.05) is 30.2 Å². The number of pyridine rings is 1. The van der Waals surface area contributed by atoms with Gasteiger partial charge in [-0.25, -0.2) is 4.98 Å². The molecule has 2 aromatic heterocycles. The van der Waals surface area contributed by atoms with Crippen molar-refractivity contribution < 1.29 is 0 Å². The van der Waals surface area contributed by atoms with Crippen LogP contribution < -0.4 is 10.6 Å². The van der Waals surface area contributed by atoms with E-state index in [0.717, 1.165) is 35.9 Å². The van der Waals surface area contributed by atoms with E-state index in [2.05, 4.69) is 44.0 Å². The van der Waals surface area contributed by atoms with E-state index in [0.29, 0.717) is 6.54 Å². The van der Waals surface area contributed by atoms with Crippen LogP contribution in [0.4, 0.5) is 5.69 Å². The van der Waals surface area contributed by atoms with Gasteiger partial charge < -0.3 is 10.6 Å². The number of benzene rings is 1. The third-order valence-electron chi connectivity index (χ3n) is 4.54. The van der Waals surface area contributed by atoms with Crippen molar-refractivity contribution in [1.29, 1.82) is 0 Å². The molecular formula is C23H22N6. The van der Waals surface area contributed by atoms with Crippen LogP contribution in [0.25, 0.3) is 11.4 Å². The van der Waals surface area contributed by atoms with Gasteiger partial charge in [-0.1, -0.05) is 30.3 Å². The second-order valence-electron chi connectivity index (χ2n) is 6.64. The number of anilines is 1. The average Bonchev–Trinajstić information content (AvgIpc) is 3.28. The second kappa shape index (κ2) is 9.49. The molecule has 4 rings (SSSR count). The third-order valence-corrected chi connectivity index (χ3v) is 4.54. The summed E-state index contributed by atoms with van der Waals surface area (Å²) < 4.78 is 0. The molecule has 0 amide bonds. The van der Waals surface area contributed by atoms with E-state index in [1.165, 1.54) is 5.56 Å². The summed E-state index contributed by atoms with van der Waals surface area (Å²) in [6, 6.07) is 25.7. The summed E-state index contributed by atoms with van der Waals surface area (Å²) >= 11 is 0. The summed E-state index contributed by atoms with van der Waals surface area (Å²) in [5.41, 5.74) is 3.23. The van der Waals surface area contributed by atoms with Crippen LogP contribution in [0.1, 0.15) is 17.4 Å². The van der Waals surface area contributed by atoms with Gasteiger partial charge >= 0.3 is 0 Å². The van der Waals surface area contributed by atoms with E-state index < -0.39 is 0 Å². The Labute approximate surface area is 170 Å². The second-order valence-corrected chi connectivity index (χ2v) is 6.64. The van der Waals surface area contributed by atoms with Crippen LogP contribution in [0.5, 0.6) is 0 Å². The van der Waals surface area contributed by atoms with Crippen LogP contribution in [0.3, 0.4) is 0 Å². The van der Waals surface area contributed by atoms with Crippen molar-refractivity contribution in [2.45, 2.75) is 12.5 Å². The van der Waals surface area contributed by atoms with Crippen LogP contribution in [-0.2, 0) is 6.42 Å². The number of rotatable bonds is 9. The largest absolute Gasteiger partial charge is 0.374 e. The number of aromatic amines is 1. The first-order valence-electron chi connectivity index (χ1n) is 9.60. The molecule has 4 aromatic rings. The van der Waals surface area contributed by atoms with Gasteiger partial charge in [-0.3, -0.25) is 10.1 Å². The fraction of sp³-hybridized carbons (Fsp3) is 0.174. The standard InChI is InChI=1S/C23H22N6/c1-3-7-18(8-4-1)11-14-25-17-21(26-20-9-5-2-6-10-20)23-27-22(28-29-23)19-12-15-24-16-13-19/h2-3,5-10,12-13,15-16,21,25-26H,11,14,17H2,(H,27,28,29). The normalized spacial score (nSPS) is 11.6. The fourth-order valence-corrected chi connectivity index (χ4v) is 3.03. The van der Waals surface area contributed by atoms with Crippen LogP contribution in [0.2, 0.25) is 0 Å².